The summed E-state index contributed by atoms with van der Waals surface area (Å²) in [5.41, 5.74) is 3.24. The van der Waals surface area contributed by atoms with E-state index in [1.54, 1.807) is 13.0 Å². The highest BCUT2D eigenvalue weighted by atomic mass is 16.5. The van der Waals surface area contributed by atoms with Gasteiger partial charge in [-0.15, -0.1) is 0 Å². The Morgan fingerprint density at radius 1 is 1.10 bits per heavy atom. The average molecular weight is 552 g/mol. The quantitative estimate of drug-likeness (QED) is 0.233. The Bertz CT molecular complexity index is 1310. The minimum Gasteiger partial charge on any atom is -0.508 e. The number of amides is 1. The van der Waals surface area contributed by atoms with Crippen LogP contribution in [0.5, 0.6) is 11.5 Å². The second-order valence-corrected chi connectivity index (χ2v) is 10.1. The molecule has 4 rings (SSSR count). The van der Waals surface area contributed by atoms with E-state index in [9.17, 15) is 19.8 Å². The SMILES string of the molecule is CCOC(=O)CCCNC(=O)c1noc(-c2cc(C(C)C)c(O)cc2O)c1-c1ccc(CN2CCOCC2)cc1. The van der Waals surface area contributed by atoms with Crippen LogP contribution < -0.4 is 5.32 Å². The predicted molar refractivity (Wildman–Crippen MR) is 149 cm³/mol. The number of nitrogens with one attached hydrogen (secondary N) is 1. The van der Waals surface area contributed by atoms with Crippen LogP contribution in [0.1, 0.15) is 61.1 Å². The molecule has 0 aliphatic carbocycles. The second kappa shape index (κ2) is 13.5. The number of hydrogen-bond donors (Lipinski definition) is 3. The van der Waals surface area contributed by atoms with Gasteiger partial charge in [-0.25, -0.2) is 0 Å². The molecule has 10 nitrogen and oxygen atoms in total. The van der Waals surface area contributed by atoms with Gasteiger partial charge in [-0.05, 0) is 42.0 Å². The largest absolute Gasteiger partial charge is 0.508 e. The van der Waals surface area contributed by atoms with Gasteiger partial charge in [0.2, 0.25) is 0 Å². The molecular formula is C30H37N3O7. The van der Waals surface area contributed by atoms with E-state index < -0.39 is 5.91 Å². The summed E-state index contributed by atoms with van der Waals surface area (Å²) >= 11 is 0. The molecule has 1 amide bonds. The number of phenolic OH excluding ortho intramolecular Hbond substituents is 2. The third kappa shape index (κ3) is 7.00. The van der Waals surface area contributed by atoms with Crippen molar-refractivity contribution in [3.8, 4) is 33.9 Å². The first kappa shape index (κ1) is 29.1. The lowest BCUT2D eigenvalue weighted by molar-refractivity contribution is -0.143. The number of carbonyl (C=O) groups is 2. The molecule has 0 unspecified atom stereocenters. The molecule has 1 fully saturated rings. The second-order valence-electron chi connectivity index (χ2n) is 10.1. The van der Waals surface area contributed by atoms with Crippen LogP contribution in [0.4, 0.5) is 0 Å². The average Bonchev–Trinajstić information content (AvgIpc) is 3.37. The number of aromatic nitrogens is 1. The first-order valence-electron chi connectivity index (χ1n) is 13.7. The van der Waals surface area contributed by atoms with E-state index in [4.69, 9.17) is 14.0 Å². The zero-order valence-electron chi connectivity index (χ0n) is 23.2. The van der Waals surface area contributed by atoms with E-state index in [1.807, 2.05) is 38.1 Å². The van der Waals surface area contributed by atoms with E-state index in [0.29, 0.717) is 35.3 Å². The van der Waals surface area contributed by atoms with Crippen molar-refractivity contribution in [3.63, 3.8) is 0 Å². The summed E-state index contributed by atoms with van der Waals surface area (Å²) in [5.74, 6) is -0.797. The molecule has 214 valence electrons. The molecule has 2 aromatic carbocycles. The first-order valence-corrected chi connectivity index (χ1v) is 13.7. The van der Waals surface area contributed by atoms with Gasteiger partial charge >= 0.3 is 5.97 Å². The molecule has 1 aromatic heterocycles. The summed E-state index contributed by atoms with van der Waals surface area (Å²) in [6, 6.07) is 10.7. The van der Waals surface area contributed by atoms with Crippen molar-refractivity contribution < 1.29 is 33.8 Å². The number of esters is 1. The number of aromatic hydroxyl groups is 2. The number of carbonyl (C=O) groups excluding carboxylic acids is 2. The number of morpholine rings is 1. The van der Waals surface area contributed by atoms with Crippen LogP contribution >= 0.6 is 0 Å². The fourth-order valence-corrected chi connectivity index (χ4v) is 4.68. The Hall–Kier alpha value is -3.89. The Morgan fingerprint density at radius 2 is 1.82 bits per heavy atom. The van der Waals surface area contributed by atoms with Crippen LogP contribution in [-0.2, 0) is 20.8 Å². The number of hydrogen-bond acceptors (Lipinski definition) is 9. The number of rotatable bonds is 11. The summed E-state index contributed by atoms with van der Waals surface area (Å²) in [6.07, 6.45) is 0.604. The van der Waals surface area contributed by atoms with Crippen LogP contribution in [0.25, 0.3) is 22.5 Å². The standard InChI is InChI=1S/C30H37N3O7/c1-4-39-26(36)6-5-11-31-30(37)28-27(21-9-7-20(8-10-21)18-33-12-14-38-15-13-33)29(40-32-28)23-16-22(19(2)3)24(34)17-25(23)35/h7-10,16-17,19,34-35H,4-6,11-15,18H2,1-3H3,(H,31,37). The van der Waals surface area contributed by atoms with E-state index >= 15 is 0 Å². The molecule has 40 heavy (non-hydrogen) atoms. The van der Waals surface area contributed by atoms with Gasteiger partial charge in [-0.1, -0.05) is 43.3 Å². The van der Waals surface area contributed by atoms with Gasteiger partial charge in [0, 0.05) is 38.7 Å². The van der Waals surface area contributed by atoms with E-state index in [2.05, 4.69) is 15.4 Å². The van der Waals surface area contributed by atoms with E-state index in [0.717, 1.165) is 38.4 Å². The minimum atomic E-state index is -0.464. The number of ether oxygens (including phenoxy) is 2. The molecule has 0 saturated carbocycles. The van der Waals surface area contributed by atoms with Gasteiger partial charge in [-0.3, -0.25) is 14.5 Å². The summed E-state index contributed by atoms with van der Waals surface area (Å²) in [5, 5.41) is 28.0. The molecule has 1 aliphatic heterocycles. The number of benzene rings is 2. The van der Waals surface area contributed by atoms with Crippen molar-refractivity contribution in [2.75, 3.05) is 39.5 Å². The summed E-state index contributed by atoms with van der Waals surface area (Å²) in [6.45, 7) is 10.1. The Morgan fingerprint density at radius 3 is 2.50 bits per heavy atom. The fraction of sp³-hybridized carbons (Fsp3) is 0.433. The summed E-state index contributed by atoms with van der Waals surface area (Å²) < 4.78 is 16.1. The highest BCUT2D eigenvalue weighted by Crippen LogP contribution is 2.43. The van der Waals surface area contributed by atoms with Crippen molar-refractivity contribution in [3.05, 3.63) is 53.2 Å². The van der Waals surface area contributed by atoms with E-state index in [-0.39, 0.29) is 47.8 Å². The van der Waals surface area contributed by atoms with Crippen molar-refractivity contribution in [2.45, 2.75) is 46.1 Å². The topological polar surface area (TPSA) is 134 Å². The molecule has 0 spiro atoms. The Labute approximate surface area is 233 Å². The minimum absolute atomic E-state index is 0.0210. The molecule has 0 radical (unpaired) electrons. The predicted octanol–water partition coefficient (Wildman–Crippen LogP) is 4.45. The number of nitrogens with zero attached hydrogens (tertiary/aromatic N) is 2. The molecule has 0 atom stereocenters. The van der Waals surface area contributed by atoms with Gasteiger partial charge in [0.05, 0.1) is 30.9 Å². The molecule has 1 aliphatic rings. The van der Waals surface area contributed by atoms with Crippen LogP contribution in [-0.4, -0.2) is 71.6 Å². The van der Waals surface area contributed by atoms with Crippen molar-refractivity contribution in [2.24, 2.45) is 0 Å². The maximum absolute atomic E-state index is 13.2. The zero-order valence-corrected chi connectivity index (χ0v) is 23.2. The molecule has 0 bridgehead atoms. The van der Waals surface area contributed by atoms with Gasteiger partial charge < -0.3 is 29.5 Å². The molecule has 1 saturated heterocycles. The van der Waals surface area contributed by atoms with Crippen LogP contribution in [0.15, 0.2) is 40.9 Å². The normalized spacial score (nSPS) is 13.9. The smallest absolute Gasteiger partial charge is 0.305 e. The first-order chi connectivity index (χ1) is 19.3. The van der Waals surface area contributed by atoms with Gasteiger partial charge in [-0.2, -0.15) is 0 Å². The maximum atomic E-state index is 13.2. The van der Waals surface area contributed by atoms with E-state index in [1.165, 1.54) is 6.07 Å². The molecule has 3 N–H and O–H groups in total. The summed E-state index contributed by atoms with van der Waals surface area (Å²) in [4.78, 5) is 27.2. The monoisotopic (exact) mass is 551 g/mol. The Balaban J connectivity index is 1.65. The van der Waals surface area contributed by atoms with Crippen LogP contribution in [0.3, 0.4) is 0 Å². The molecular weight excluding hydrogens is 514 g/mol. The molecule has 10 heteroatoms. The molecule has 2 heterocycles. The lowest BCUT2D eigenvalue weighted by Crippen LogP contribution is -2.35. The molecule has 3 aromatic rings. The lowest BCUT2D eigenvalue weighted by Gasteiger charge is -2.26. The van der Waals surface area contributed by atoms with Crippen molar-refractivity contribution in [1.29, 1.82) is 0 Å². The van der Waals surface area contributed by atoms with Crippen molar-refractivity contribution >= 4 is 11.9 Å². The Kier molecular flexibility index (Phi) is 9.79. The highest BCUT2D eigenvalue weighted by Gasteiger charge is 2.27. The summed E-state index contributed by atoms with van der Waals surface area (Å²) in [7, 11) is 0. The highest BCUT2D eigenvalue weighted by molar-refractivity contribution is 6.02. The van der Waals surface area contributed by atoms with Crippen molar-refractivity contribution in [1.82, 2.24) is 15.4 Å². The third-order valence-electron chi connectivity index (χ3n) is 6.82. The number of phenols is 2. The van der Waals surface area contributed by atoms with Gasteiger partial charge in [0.1, 0.15) is 11.5 Å². The maximum Gasteiger partial charge on any atom is 0.305 e. The lowest BCUT2D eigenvalue weighted by atomic mass is 9.94. The zero-order chi connectivity index (χ0) is 28.6. The third-order valence-corrected chi connectivity index (χ3v) is 6.82. The fourth-order valence-electron chi connectivity index (χ4n) is 4.68. The van der Waals surface area contributed by atoms with Gasteiger partial charge in [0.15, 0.2) is 11.5 Å². The van der Waals surface area contributed by atoms with Gasteiger partial charge in [0.25, 0.3) is 5.91 Å². The van der Waals surface area contributed by atoms with Crippen LogP contribution in [0.2, 0.25) is 0 Å². The van der Waals surface area contributed by atoms with Crippen LogP contribution in [0, 0.1) is 0 Å².